The van der Waals surface area contributed by atoms with Crippen molar-refractivity contribution in [2.45, 2.75) is 45.7 Å². The first-order valence-corrected chi connectivity index (χ1v) is 10.9. The largest absolute Gasteiger partial charge is 0.345 e. The number of amides is 2. The molecule has 0 spiro atoms. The smallest absolute Gasteiger partial charge is 0.255 e. The van der Waals surface area contributed by atoms with Crippen LogP contribution in [0.5, 0.6) is 0 Å². The molecule has 4 rings (SSSR count). The van der Waals surface area contributed by atoms with E-state index in [1.807, 2.05) is 61.0 Å². The predicted octanol–water partition coefficient (Wildman–Crippen LogP) is 4.33. The molecule has 2 N–H and O–H groups in total. The molecule has 1 atom stereocenters. The van der Waals surface area contributed by atoms with Crippen LogP contribution in [-0.4, -0.2) is 21.6 Å². The summed E-state index contributed by atoms with van der Waals surface area (Å²) in [6, 6.07) is 17.6. The second kappa shape index (κ2) is 9.16. The maximum Gasteiger partial charge on any atom is 0.255 e. The number of carbonyl (C=O) groups excluding carboxylic acids is 2. The molecule has 3 aromatic rings. The minimum Gasteiger partial charge on any atom is -0.345 e. The van der Waals surface area contributed by atoms with Crippen molar-refractivity contribution in [3.05, 3.63) is 83.2 Å². The summed E-state index contributed by atoms with van der Waals surface area (Å²) in [6.07, 6.45) is 4.34. The molecule has 0 bridgehead atoms. The van der Waals surface area contributed by atoms with Crippen LogP contribution in [0.2, 0.25) is 0 Å². The normalized spacial score (nSPS) is 14.1. The average Bonchev–Trinajstić information content (AvgIpc) is 3.56. The van der Waals surface area contributed by atoms with Gasteiger partial charge in [-0.15, -0.1) is 0 Å². The van der Waals surface area contributed by atoms with Crippen molar-refractivity contribution in [3.63, 3.8) is 0 Å². The summed E-state index contributed by atoms with van der Waals surface area (Å²) in [5.74, 6) is 0.136. The highest BCUT2D eigenvalue weighted by Crippen LogP contribution is 2.30. The Balaban J connectivity index is 1.41. The van der Waals surface area contributed by atoms with Crippen molar-refractivity contribution in [1.82, 2.24) is 15.1 Å². The van der Waals surface area contributed by atoms with Crippen LogP contribution in [0.1, 0.15) is 59.9 Å². The molecule has 0 saturated heterocycles. The first-order chi connectivity index (χ1) is 15.0. The Bertz CT molecular complexity index is 1050. The van der Waals surface area contributed by atoms with Crippen LogP contribution in [-0.2, 0) is 17.8 Å². The third kappa shape index (κ3) is 5.02. The first-order valence-electron chi connectivity index (χ1n) is 10.9. The van der Waals surface area contributed by atoms with Gasteiger partial charge < -0.3 is 10.6 Å². The molecule has 160 valence electrons. The van der Waals surface area contributed by atoms with Crippen LogP contribution in [0.25, 0.3) is 0 Å². The molecule has 1 aromatic heterocycles. The van der Waals surface area contributed by atoms with Gasteiger partial charge in [-0.2, -0.15) is 5.10 Å². The van der Waals surface area contributed by atoms with E-state index >= 15 is 0 Å². The van der Waals surface area contributed by atoms with Gasteiger partial charge in [-0.05, 0) is 49.4 Å². The van der Waals surface area contributed by atoms with Gasteiger partial charge in [-0.25, -0.2) is 0 Å². The van der Waals surface area contributed by atoms with E-state index in [-0.39, 0.29) is 23.8 Å². The molecule has 31 heavy (non-hydrogen) atoms. The molecule has 6 heteroatoms. The number of nitrogens with zero attached hydrogens (tertiary/aromatic N) is 2. The van der Waals surface area contributed by atoms with Crippen LogP contribution in [0.4, 0.5) is 5.69 Å². The molecule has 1 aliphatic carbocycles. The molecule has 0 aliphatic heterocycles. The van der Waals surface area contributed by atoms with Crippen LogP contribution in [0.3, 0.4) is 0 Å². The highest BCUT2D eigenvalue weighted by molar-refractivity contribution is 5.95. The third-order valence-corrected chi connectivity index (χ3v) is 5.68. The van der Waals surface area contributed by atoms with E-state index in [1.54, 1.807) is 6.20 Å². The maximum absolute atomic E-state index is 12.9. The van der Waals surface area contributed by atoms with Gasteiger partial charge in [0, 0.05) is 11.6 Å². The SMILES string of the molecule is CCc1c(C(=O)NC(C)c2ccc(NC(=O)C3CC3)cc2)cnn1Cc1ccccc1. The van der Waals surface area contributed by atoms with E-state index in [9.17, 15) is 9.59 Å². The van der Waals surface area contributed by atoms with Gasteiger partial charge in [0.15, 0.2) is 0 Å². The number of nitrogens with one attached hydrogen (secondary N) is 2. The molecule has 1 heterocycles. The van der Waals surface area contributed by atoms with Crippen molar-refractivity contribution >= 4 is 17.5 Å². The number of hydrogen-bond acceptors (Lipinski definition) is 3. The summed E-state index contributed by atoms with van der Waals surface area (Å²) in [6.45, 7) is 4.63. The van der Waals surface area contributed by atoms with E-state index in [2.05, 4.69) is 27.9 Å². The first kappa shape index (κ1) is 20.8. The third-order valence-electron chi connectivity index (χ3n) is 5.68. The van der Waals surface area contributed by atoms with Crippen molar-refractivity contribution in [2.24, 2.45) is 5.92 Å². The molecule has 0 radical (unpaired) electrons. The lowest BCUT2D eigenvalue weighted by Gasteiger charge is -2.15. The van der Waals surface area contributed by atoms with Gasteiger partial charge in [0.2, 0.25) is 5.91 Å². The molecule has 1 aliphatic rings. The van der Waals surface area contributed by atoms with Crippen molar-refractivity contribution < 1.29 is 9.59 Å². The second-order valence-corrected chi connectivity index (χ2v) is 8.08. The molecular formula is C25H28N4O2. The maximum atomic E-state index is 12.9. The van der Waals surface area contributed by atoms with E-state index < -0.39 is 0 Å². The Kier molecular flexibility index (Phi) is 6.16. The van der Waals surface area contributed by atoms with Gasteiger partial charge in [0.05, 0.1) is 30.0 Å². The molecular weight excluding hydrogens is 388 g/mol. The van der Waals surface area contributed by atoms with Crippen molar-refractivity contribution in [3.8, 4) is 0 Å². The van der Waals surface area contributed by atoms with Crippen LogP contribution < -0.4 is 10.6 Å². The fourth-order valence-corrected chi connectivity index (χ4v) is 3.67. The molecule has 1 fully saturated rings. The summed E-state index contributed by atoms with van der Waals surface area (Å²) < 4.78 is 1.90. The lowest BCUT2D eigenvalue weighted by Crippen LogP contribution is -2.27. The number of aromatic nitrogens is 2. The predicted molar refractivity (Wildman–Crippen MR) is 121 cm³/mol. The molecule has 1 saturated carbocycles. The lowest BCUT2D eigenvalue weighted by atomic mass is 10.1. The summed E-state index contributed by atoms with van der Waals surface area (Å²) in [5, 5.41) is 10.5. The van der Waals surface area contributed by atoms with Crippen LogP contribution in [0, 0.1) is 5.92 Å². The number of rotatable bonds is 8. The van der Waals surface area contributed by atoms with Gasteiger partial charge >= 0.3 is 0 Å². The van der Waals surface area contributed by atoms with E-state index in [4.69, 9.17) is 0 Å². The minimum absolute atomic E-state index is 0.0914. The Morgan fingerprint density at radius 2 is 1.81 bits per heavy atom. The summed E-state index contributed by atoms with van der Waals surface area (Å²) in [7, 11) is 0. The number of benzene rings is 2. The Morgan fingerprint density at radius 3 is 2.45 bits per heavy atom. The lowest BCUT2D eigenvalue weighted by molar-refractivity contribution is -0.117. The van der Waals surface area contributed by atoms with Crippen LogP contribution in [0.15, 0.2) is 60.8 Å². The van der Waals surface area contributed by atoms with E-state index in [1.165, 1.54) is 0 Å². The van der Waals surface area contributed by atoms with Gasteiger partial charge in [0.1, 0.15) is 0 Å². The monoisotopic (exact) mass is 416 g/mol. The number of anilines is 1. The molecule has 2 amide bonds. The fourth-order valence-electron chi connectivity index (χ4n) is 3.67. The number of hydrogen-bond donors (Lipinski definition) is 2. The Labute approximate surface area is 182 Å². The standard InChI is InChI=1S/C25H28N4O2/c1-3-23-22(15-26-29(23)16-18-7-5-4-6-8-18)25(31)27-17(2)19-11-13-21(14-12-19)28-24(30)20-9-10-20/h4-8,11-15,17,20H,3,9-10,16H2,1-2H3,(H,27,31)(H,28,30). The van der Waals surface area contributed by atoms with Crippen molar-refractivity contribution in [2.75, 3.05) is 5.32 Å². The quantitative estimate of drug-likeness (QED) is 0.574. The number of carbonyl (C=O) groups is 2. The Hall–Kier alpha value is -3.41. The average molecular weight is 417 g/mol. The topological polar surface area (TPSA) is 76.0 Å². The summed E-state index contributed by atoms with van der Waals surface area (Å²) in [5.41, 5.74) is 4.45. The highest BCUT2D eigenvalue weighted by atomic mass is 16.2. The van der Waals surface area contributed by atoms with E-state index in [0.29, 0.717) is 12.1 Å². The van der Waals surface area contributed by atoms with Crippen molar-refractivity contribution in [1.29, 1.82) is 0 Å². The zero-order valence-corrected chi connectivity index (χ0v) is 18.0. The van der Waals surface area contributed by atoms with Crippen LogP contribution >= 0.6 is 0 Å². The Morgan fingerprint density at radius 1 is 1.10 bits per heavy atom. The fraction of sp³-hybridized carbons (Fsp3) is 0.320. The zero-order valence-electron chi connectivity index (χ0n) is 18.0. The van der Waals surface area contributed by atoms with Gasteiger partial charge in [-0.1, -0.05) is 49.4 Å². The molecule has 6 nitrogen and oxygen atoms in total. The highest BCUT2D eigenvalue weighted by Gasteiger charge is 2.29. The summed E-state index contributed by atoms with van der Waals surface area (Å²) in [4.78, 5) is 24.8. The summed E-state index contributed by atoms with van der Waals surface area (Å²) >= 11 is 0. The van der Waals surface area contributed by atoms with E-state index in [0.717, 1.165) is 41.8 Å². The second-order valence-electron chi connectivity index (χ2n) is 8.08. The molecule has 1 unspecified atom stereocenters. The molecule has 2 aromatic carbocycles. The van der Waals surface area contributed by atoms with Gasteiger partial charge in [0.25, 0.3) is 5.91 Å². The zero-order chi connectivity index (χ0) is 21.8. The minimum atomic E-state index is -0.164. The van der Waals surface area contributed by atoms with Gasteiger partial charge in [-0.3, -0.25) is 14.3 Å².